The molecule has 0 aliphatic heterocycles. The Kier molecular flexibility index (Phi) is 7.87. The molecule has 10 aromatic carbocycles. The molecule has 0 radical (unpaired) electrons. The van der Waals surface area contributed by atoms with Crippen molar-refractivity contribution in [2.75, 3.05) is 0 Å². The molecule has 0 spiro atoms. The molecular formula is C52H38. The number of hydrogen-bond donors (Lipinski definition) is 0. The van der Waals surface area contributed by atoms with Crippen molar-refractivity contribution in [1.82, 2.24) is 0 Å². The van der Waals surface area contributed by atoms with Crippen molar-refractivity contribution in [3.63, 3.8) is 0 Å². The van der Waals surface area contributed by atoms with Gasteiger partial charge in [0, 0.05) is 0 Å². The van der Waals surface area contributed by atoms with E-state index in [9.17, 15) is 0 Å². The Morgan fingerprint density at radius 3 is 1.31 bits per heavy atom. The molecule has 0 nitrogen and oxygen atoms in total. The van der Waals surface area contributed by atoms with Gasteiger partial charge in [0.15, 0.2) is 0 Å². The largest absolute Gasteiger partial charge is 0.0955 e. The number of benzene rings is 10. The van der Waals surface area contributed by atoms with Gasteiger partial charge in [0.25, 0.3) is 0 Å². The normalized spacial score (nSPS) is 11.3. The highest BCUT2D eigenvalue weighted by Gasteiger charge is 2.16. The molecule has 0 amide bonds. The average molecular weight is 663 g/mol. The van der Waals surface area contributed by atoms with Gasteiger partial charge in [-0.25, -0.2) is 0 Å². The summed E-state index contributed by atoms with van der Waals surface area (Å²) in [5.41, 5.74) is 8.89. The van der Waals surface area contributed by atoms with E-state index < -0.39 is 0 Å². The summed E-state index contributed by atoms with van der Waals surface area (Å²) in [5, 5.41) is 15.6. The zero-order chi connectivity index (χ0) is 35.2. The summed E-state index contributed by atoms with van der Waals surface area (Å²) in [6.07, 6.45) is 0. The number of rotatable bonds is 3. The quantitative estimate of drug-likeness (QED) is 0.130. The Labute approximate surface area is 304 Å². The van der Waals surface area contributed by atoms with Crippen molar-refractivity contribution >= 4 is 70.2 Å². The molecular weight excluding hydrogens is 625 g/mol. The van der Waals surface area contributed by atoms with Crippen LogP contribution in [0.25, 0.3) is 92.5 Å². The molecule has 246 valence electrons. The van der Waals surface area contributed by atoms with Gasteiger partial charge in [-0.1, -0.05) is 183 Å². The maximum atomic E-state index is 4.30. The van der Waals surface area contributed by atoms with Gasteiger partial charge in [-0.3, -0.25) is 0 Å². The smallest absolute Gasteiger partial charge is 0.00262 e. The fourth-order valence-corrected chi connectivity index (χ4v) is 8.33. The number of allylic oxidation sites excluding steroid dienone is 1. The minimum atomic E-state index is 1.10. The van der Waals surface area contributed by atoms with Crippen molar-refractivity contribution in [2.24, 2.45) is 0 Å². The van der Waals surface area contributed by atoms with E-state index in [0.29, 0.717) is 0 Å². The maximum Gasteiger partial charge on any atom is -0.00262 e. The molecule has 10 aromatic rings. The standard InChI is InChI=1S/C31H22.C21H16/c1-20(2)30-26-11-5-7-13-28(26)31(29-14-8-6-12-27(29)30)23-17-18-25-22(19-23)16-15-21-9-3-4-10-24(21)25;1-15-17-11-5-7-13-19(17)21(16-9-3-2-4-10-16)20-14-8-6-12-18(15)20/h3-19H,1H2,2H3;2-14H,1H3. The zero-order valence-corrected chi connectivity index (χ0v) is 29.5. The molecule has 0 heteroatoms. The molecule has 10 rings (SSSR count). The van der Waals surface area contributed by atoms with Crippen LogP contribution in [0.15, 0.2) is 189 Å². The fourth-order valence-electron chi connectivity index (χ4n) is 8.33. The Morgan fingerprint density at radius 1 is 0.346 bits per heavy atom. The van der Waals surface area contributed by atoms with E-state index in [4.69, 9.17) is 0 Å². The van der Waals surface area contributed by atoms with Gasteiger partial charge in [-0.2, -0.15) is 0 Å². The Hall–Kier alpha value is -6.50. The van der Waals surface area contributed by atoms with Gasteiger partial charge in [0.2, 0.25) is 0 Å². The van der Waals surface area contributed by atoms with Crippen molar-refractivity contribution in [3.8, 4) is 22.3 Å². The van der Waals surface area contributed by atoms with Crippen LogP contribution in [-0.4, -0.2) is 0 Å². The van der Waals surface area contributed by atoms with Crippen LogP contribution >= 0.6 is 0 Å². The third-order valence-electron chi connectivity index (χ3n) is 10.7. The molecule has 0 aliphatic rings. The van der Waals surface area contributed by atoms with E-state index in [1.807, 2.05) is 0 Å². The minimum Gasteiger partial charge on any atom is -0.0955 e. The molecule has 0 unspecified atom stereocenters. The molecule has 0 bridgehead atoms. The van der Waals surface area contributed by atoms with Gasteiger partial charge in [-0.15, -0.1) is 0 Å². The Balaban J connectivity index is 0.000000149. The lowest BCUT2D eigenvalue weighted by atomic mass is 9.86. The van der Waals surface area contributed by atoms with Crippen molar-refractivity contribution in [2.45, 2.75) is 13.8 Å². The highest BCUT2D eigenvalue weighted by molar-refractivity contribution is 6.20. The second kappa shape index (κ2) is 13.0. The minimum absolute atomic E-state index is 1.10. The molecule has 0 aliphatic carbocycles. The van der Waals surface area contributed by atoms with Crippen LogP contribution < -0.4 is 0 Å². The lowest BCUT2D eigenvalue weighted by Gasteiger charge is -2.18. The molecule has 0 saturated heterocycles. The van der Waals surface area contributed by atoms with E-state index in [2.05, 4.69) is 202 Å². The lowest BCUT2D eigenvalue weighted by molar-refractivity contribution is 1.57. The summed E-state index contributed by atoms with van der Waals surface area (Å²) >= 11 is 0. The first-order valence-corrected chi connectivity index (χ1v) is 18.0. The van der Waals surface area contributed by atoms with Gasteiger partial charge in [0.05, 0.1) is 0 Å². The van der Waals surface area contributed by atoms with Crippen LogP contribution in [0.5, 0.6) is 0 Å². The summed E-state index contributed by atoms with van der Waals surface area (Å²) in [6.45, 7) is 8.63. The van der Waals surface area contributed by atoms with Gasteiger partial charge < -0.3 is 0 Å². The third kappa shape index (κ3) is 5.24. The molecule has 0 N–H and O–H groups in total. The van der Waals surface area contributed by atoms with Crippen molar-refractivity contribution < 1.29 is 0 Å². The first-order chi connectivity index (χ1) is 25.6. The predicted octanol–water partition coefficient (Wildman–Crippen LogP) is 15.0. The van der Waals surface area contributed by atoms with Crippen LogP contribution in [0.1, 0.15) is 18.1 Å². The van der Waals surface area contributed by atoms with Crippen molar-refractivity contribution in [3.05, 3.63) is 200 Å². The number of hydrogen-bond acceptors (Lipinski definition) is 0. The van der Waals surface area contributed by atoms with E-state index >= 15 is 0 Å². The fraction of sp³-hybridized carbons (Fsp3) is 0.0385. The summed E-state index contributed by atoms with van der Waals surface area (Å²) in [4.78, 5) is 0. The summed E-state index contributed by atoms with van der Waals surface area (Å²) < 4.78 is 0. The lowest BCUT2D eigenvalue weighted by Crippen LogP contribution is -1.91. The van der Waals surface area contributed by atoms with E-state index in [1.54, 1.807) is 0 Å². The van der Waals surface area contributed by atoms with Crippen LogP contribution in [0.2, 0.25) is 0 Å². The number of fused-ring (bicyclic) bond motifs is 7. The third-order valence-corrected chi connectivity index (χ3v) is 10.7. The first-order valence-electron chi connectivity index (χ1n) is 18.0. The highest BCUT2D eigenvalue weighted by atomic mass is 14.2. The average Bonchev–Trinajstić information content (AvgIpc) is 3.20. The Bertz CT molecular complexity index is 2870. The van der Waals surface area contributed by atoms with E-state index in [-0.39, 0.29) is 0 Å². The highest BCUT2D eigenvalue weighted by Crippen LogP contribution is 2.43. The molecule has 0 aromatic heterocycles. The second-order valence-electron chi connectivity index (χ2n) is 13.8. The maximum absolute atomic E-state index is 4.30. The number of aryl methyl sites for hydroxylation is 1. The monoisotopic (exact) mass is 662 g/mol. The second-order valence-corrected chi connectivity index (χ2v) is 13.8. The molecule has 0 fully saturated rings. The topological polar surface area (TPSA) is 0 Å². The molecule has 52 heavy (non-hydrogen) atoms. The molecule has 0 atom stereocenters. The van der Waals surface area contributed by atoms with Gasteiger partial charge in [0.1, 0.15) is 0 Å². The molecule has 0 heterocycles. The Morgan fingerprint density at radius 2 is 0.750 bits per heavy atom. The van der Waals surface area contributed by atoms with Gasteiger partial charge >= 0.3 is 0 Å². The van der Waals surface area contributed by atoms with Crippen LogP contribution in [0.4, 0.5) is 0 Å². The van der Waals surface area contributed by atoms with Crippen LogP contribution in [0, 0.1) is 6.92 Å². The zero-order valence-electron chi connectivity index (χ0n) is 29.5. The van der Waals surface area contributed by atoms with Crippen molar-refractivity contribution in [1.29, 1.82) is 0 Å². The summed E-state index contributed by atoms with van der Waals surface area (Å²) in [7, 11) is 0. The van der Waals surface area contributed by atoms with Crippen LogP contribution in [0.3, 0.4) is 0 Å². The summed E-state index contributed by atoms with van der Waals surface area (Å²) in [5.74, 6) is 0. The summed E-state index contributed by atoms with van der Waals surface area (Å²) in [6, 6.07) is 65.6. The van der Waals surface area contributed by atoms with Crippen LogP contribution in [-0.2, 0) is 0 Å². The first kappa shape index (κ1) is 31.5. The predicted molar refractivity (Wildman–Crippen MR) is 228 cm³/mol. The molecule has 0 saturated carbocycles. The SMILES string of the molecule is C=C(C)c1c2ccccc2c(-c2ccc3c(ccc4ccccc43)c2)c2ccccc12.Cc1c2ccccc2c(-c2ccccc2)c2ccccc12. The van der Waals surface area contributed by atoms with E-state index in [0.717, 1.165) is 5.57 Å². The van der Waals surface area contributed by atoms with E-state index in [1.165, 1.54) is 98.0 Å². The van der Waals surface area contributed by atoms with Gasteiger partial charge in [-0.05, 0) is 124 Å².